The second-order valence-electron chi connectivity index (χ2n) is 5.06. The fourth-order valence-electron chi connectivity index (χ4n) is 2.51. The number of hydrogen-bond donors (Lipinski definition) is 2. The minimum atomic E-state index is -0.999. The number of hydrogen-bond acceptors (Lipinski definition) is 6. The van der Waals surface area contributed by atoms with E-state index in [2.05, 4.69) is 0 Å². The van der Waals surface area contributed by atoms with E-state index < -0.39 is 34.6 Å². The highest BCUT2D eigenvalue weighted by Gasteiger charge is 2.42. The molecule has 0 saturated heterocycles. The zero-order valence-corrected chi connectivity index (χ0v) is 12.5. The topological polar surface area (TPSA) is 105 Å². The maximum Gasteiger partial charge on any atom is 0.308 e. The first-order valence-corrected chi connectivity index (χ1v) is 6.95. The molecular weight excluding hydrogens is 314 g/mol. The summed E-state index contributed by atoms with van der Waals surface area (Å²) in [5, 5.41) is 20.5. The van der Waals surface area contributed by atoms with Crippen LogP contribution in [0.25, 0.3) is 11.5 Å². The van der Waals surface area contributed by atoms with Crippen molar-refractivity contribution in [2.45, 2.75) is 6.92 Å². The van der Waals surface area contributed by atoms with Gasteiger partial charge in [0.25, 0.3) is 0 Å². The molecule has 0 atom stereocenters. The second kappa shape index (κ2) is 5.62. The molecule has 0 saturated carbocycles. The number of aromatic hydroxyl groups is 1. The molecule has 0 aliphatic heterocycles. The van der Waals surface area contributed by atoms with E-state index in [4.69, 9.17) is 4.74 Å². The molecule has 120 valence electrons. The van der Waals surface area contributed by atoms with E-state index in [1.165, 1.54) is 23.0 Å². The van der Waals surface area contributed by atoms with Crippen LogP contribution in [0.4, 0.5) is 0 Å². The summed E-state index contributed by atoms with van der Waals surface area (Å²) in [7, 11) is 0. The Kier molecular flexibility index (Phi) is 3.61. The molecule has 1 heterocycles. The summed E-state index contributed by atoms with van der Waals surface area (Å²) in [6, 6.07) is 7.29. The summed E-state index contributed by atoms with van der Waals surface area (Å²) in [6.45, 7) is 1.16. The van der Waals surface area contributed by atoms with Crippen molar-refractivity contribution < 1.29 is 33.9 Å². The molecule has 0 bridgehead atoms. The number of rotatable bonds is 2. The lowest BCUT2D eigenvalue weighted by Gasteiger charge is -2.17. The van der Waals surface area contributed by atoms with Crippen LogP contribution >= 0.6 is 0 Å². The van der Waals surface area contributed by atoms with Gasteiger partial charge >= 0.3 is 17.4 Å². The summed E-state index contributed by atoms with van der Waals surface area (Å²) in [6.07, 6.45) is 2.96. The molecule has 0 spiro atoms. The van der Waals surface area contributed by atoms with Gasteiger partial charge < -0.3 is 14.9 Å². The first-order chi connectivity index (χ1) is 11.4. The van der Waals surface area contributed by atoms with Crippen molar-refractivity contribution in [2.75, 3.05) is 0 Å². The molecule has 1 aromatic heterocycles. The van der Waals surface area contributed by atoms with Crippen LogP contribution in [-0.2, 0) is 9.59 Å². The largest absolute Gasteiger partial charge is 0.507 e. The van der Waals surface area contributed by atoms with Gasteiger partial charge in [-0.2, -0.15) is 4.57 Å². The second-order valence-corrected chi connectivity index (χ2v) is 5.06. The number of benzene rings is 1. The van der Waals surface area contributed by atoms with E-state index in [9.17, 15) is 24.6 Å². The molecule has 7 nitrogen and oxygen atoms in total. The Hall–Kier alpha value is -3.48. The van der Waals surface area contributed by atoms with Gasteiger partial charge in [-0.1, -0.05) is 6.07 Å². The van der Waals surface area contributed by atoms with Gasteiger partial charge in [0.15, 0.2) is 12.4 Å². The highest BCUT2D eigenvalue weighted by Crippen LogP contribution is 2.39. The Morgan fingerprint density at radius 2 is 1.67 bits per heavy atom. The summed E-state index contributed by atoms with van der Waals surface area (Å²) in [4.78, 5) is 36.0. The van der Waals surface area contributed by atoms with Crippen LogP contribution in [0.15, 0.2) is 42.7 Å². The van der Waals surface area contributed by atoms with E-state index in [-0.39, 0.29) is 17.0 Å². The minimum Gasteiger partial charge on any atom is -0.507 e. The van der Waals surface area contributed by atoms with Gasteiger partial charge in [0.05, 0.1) is 11.1 Å². The van der Waals surface area contributed by atoms with Crippen molar-refractivity contribution in [3.8, 4) is 11.5 Å². The SMILES string of the molecule is CC(=O)Oc1ccc(O)c2c1C(O)=C([n+]1ccccc1)C(=O)C2=O. The predicted octanol–water partition coefficient (Wildman–Crippen LogP) is 1.25. The van der Waals surface area contributed by atoms with Crippen LogP contribution in [0, 0.1) is 0 Å². The Morgan fingerprint density at radius 3 is 2.29 bits per heavy atom. The van der Waals surface area contributed by atoms with Crippen molar-refractivity contribution in [3.05, 3.63) is 53.9 Å². The van der Waals surface area contributed by atoms with Crippen LogP contribution < -0.4 is 9.30 Å². The standard InChI is InChI=1S/C17H11NO6/c1-9(19)24-11-6-5-10(20)12-13(11)15(21)14(17(23)16(12)22)18-7-3-2-4-8-18/h2-8H,1H3,(H-,20,21,22,23)/p+1. The Morgan fingerprint density at radius 1 is 1.00 bits per heavy atom. The maximum atomic E-state index is 12.4. The third-order valence-corrected chi connectivity index (χ3v) is 3.48. The van der Waals surface area contributed by atoms with E-state index >= 15 is 0 Å². The van der Waals surface area contributed by atoms with Gasteiger partial charge in [-0.3, -0.25) is 14.4 Å². The number of carbonyl (C=O) groups excluding carboxylic acids is 3. The molecule has 0 amide bonds. The van der Waals surface area contributed by atoms with Crippen LogP contribution in [0.3, 0.4) is 0 Å². The number of aliphatic hydroxyl groups excluding tert-OH is 1. The number of carbonyl (C=O) groups is 3. The Labute approximate surface area is 136 Å². The molecule has 1 aliphatic carbocycles. The molecular formula is C17H12NO6+. The molecule has 0 radical (unpaired) electrons. The normalized spacial score (nSPS) is 13.7. The third-order valence-electron chi connectivity index (χ3n) is 3.48. The van der Waals surface area contributed by atoms with Gasteiger partial charge in [-0.05, 0) is 12.1 Å². The van der Waals surface area contributed by atoms with Crippen LogP contribution in [0.1, 0.15) is 22.8 Å². The molecule has 1 aliphatic rings. The Balaban J connectivity index is 2.35. The number of pyridine rings is 1. The predicted molar refractivity (Wildman–Crippen MR) is 81.1 cm³/mol. The number of aliphatic hydroxyl groups is 1. The fraction of sp³-hybridized carbons (Fsp3) is 0.0588. The number of fused-ring (bicyclic) bond motifs is 1. The van der Waals surface area contributed by atoms with Crippen molar-refractivity contribution in [2.24, 2.45) is 0 Å². The number of phenols is 1. The monoisotopic (exact) mass is 326 g/mol. The highest BCUT2D eigenvalue weighted by molar-refractivity contribution is 6.59. The number of phenolic OH excluding ortho intramolecular Hbond substituents is 1. The van der Waals surface area contributed by atoms with E-state index in [1.54, 1.807) is 18.2 Å². The number of aromatic nitrogens is 1. The van der Waals surface area contributed by atoms with Crippen molar-refractivity contribution in [3.63, 3.8) is 0 Å². The van der Waals surface area contributed by atoms with Gasteiger partial charge in [-0.15, -0.1) is 0 Å². The zero-order valence-electron chi connectivity index (χ0n) is 12.5. The Bertz CT molecular complexity index is 914. The summed E-state index contributed by atoms with van der Waals surface area (Å²) in [5.41, 5.74) is -0.871. The first kappa shape index (κ1) is 15.4. The van der Waals surface area contributed by atoms with E-state index in [0.717, 1.165) is 13.0 Å². The molecule has 0 unspecified atom stereocenters. The smallest absolute Gasteiger partial charge is 0.308 e. The van der Waals surface area contributed by atoms with Gasteiger partial charge in [0.2, 0.25) is 11.5 Å². The van der Waals surface area contributed by atoms with Gasteiger partial charge in [0, 0.05) is 19.1 Å². The zero-order chi connectivity index (χ0) is 17.4. The number of allylic oxidation sites excluding steroid dienone is 1. The molecule has 2 aromatic rings. The summed E-state index contributed by atoms with van der Waals surface area (Å²) >= 11 is 0. The molecule has 2 N–H and O–H groups in total. The number of ether oxygens (including phenoxy) is 1. The molecule has 3 rings (SSSR count). The fourth-order valence-corrected chi connectivity index (χ4v) is 2.51. The maximum absolute atomic E-state index is 12.4. The number of Topliss-reactive ketones (excluding diaryl/α,β-unsaturated/α-hetero) is 2. The minimum absolute atomic E-state index is 0.123. The molecule has 0 fully saturated rings. The number of esters is 1. The highest BCUT2D eigenvalue weighted by atomic mass is 16.5. The van der Waals surface area contributed by atoms with Crippen LogP contribution in [0.2, 0.25) is 0 Å². The summed E-state index contributed by atoms with van der Waals surface area (Å²) in [5.74, 6) is -3.82. The molecule has 1 aromatic carbocycles. The van der Waals surface area contributed by atoms with Crippen LogP contribution in [-0.4, -0.2) is 27.7 Å². The van der Waals surface area contributed by atoms with Crippen LogP contribution in [0.5, 0.6) is 11.5 Å². The molecule has 24 heavy (non-hydrogen) atoms. The summed E-state index contributed by atoms with van der Waals surface area (Å²) < 4.78 is 6.27. The number of nitrogens with zero attached hydrogens (tertiary/aromatic N) is 1. The van der Waals surface area contributed by atoms with Crippen molar-refractivity contribution in [1.29, 1.82) is 0 Å². The average molecular weight is 326 g/mol. The van der Waals surface area contributed by atoms with Gasteiger partial charge in [-0.25, -0.2) is 0 Å². The van der Waals surface area contributed by atoms with E-state index in [0.29, 0.717) is 0 Å². The lowest BCUT2D eigenvalue weighted by molar-refractivity contribution is -0.577. The van der Waals surface area contributed by atoms with Crippen molar-refractivity contribution >= 4 is 29.0 Å². The van der Waals surface area contributed by atoms with Crippen molar-refractivity contribution in [1.82, 2.24) is 0 Å². The number of ketones is 2. The molecule has 7 heteroatoms. The third kappa shape index (κ3) is 2.32. The van der Waals surface area contributed by atoms with Gasteiger partial charge in [0.1, 0.15) is 11.5 Å². The lowest BCUT2D eigenvalue weighted by Crippen LogP contribution is -2.41. The quantitative estimate of drug-likeness (QED) is 0.372. The average Bonchev–Trinajstić information content (AvgIpc) is 2.55. The lowest BCUT2D eigenvalue weighted by atomic mass is 9.90. The van der Waals surface area contributed by atoms with E-state index in [1.807, 2.05) is 0 Å². The first-order valence-electron chi connectivity index (χ1n) is 6.95.